The summed E-state index contributed by atoms with van der Waals surface area (Å²) in [6.45, 7) is 12.2. The highest BCUT2D eigenvalue weighted by Crippen LogP contribution is 2.42. The van der Waals surface area contributed by atoms with Gasteiger partial charge in [-0.15, -0.1) is 0 Å². The number of benzene rings is 4. The van der Waals surface area contributed by atoms with Crippen molar-refractivity contribution in [1.82, 2.24) is 99.3 Å². The molecule has 113 heavy (non-hydrogen) atoms. The van der Waals surface area contributed by atoms with E-state index in [0.29, 0.717) is 41.1 Å². The first-order valence-electron chi connectivity index (χ1n) is 35.7. The molecule has 4 atom stereocenters. The highest BCUT2D eigenvalue weighted by atomic mass is 19.2. The highest BCUT2D eigenvalue weighted by Gasteiger charge is 2.30. The van der Waals surface area contributed by atoms with Crippen LogP contribution >= 0.6 is 0 Å². The second-order valence-electron chi connectivity index (χ2n) is 27.0. The third-order valence-electron chi connectivity index (χ3n) is 18.1. The lowest BCUT2D eigenvalue weighted by Crippen LogP contribution is -2.21. The standard InChI is InChI=1S/C20H24F2N8O.2C18H20F2N8.C16H18F2N8/c1-11-9-17(29-30(11)14-5-7-31-8-6-14)25-20-27-18(23)26-19(28-20)24-12(2)15-4-3-13(21)10-16(15)22;1-9(12-6-5-11(19)7-13(12)20)22-17-23-16(21)24-18(25-17)28(2)15-8-14(26-27-15)10-3-4-10;1-9(12-6-5-11(19)7-13(12)20)22-17-24-16(21)25-18(26-17)23-15-8-14(10-3-4-10)28(2)27-15;1-8-6-13(25-26(8)3)21-16-23-14(19)22-15(24-16)20-9(2)11-5-4-10(17)7-12(11)18/h3-4,9-10,12,14H,5-8H2,1-2H3,(H4,23,24,25,26,27,28,29);5-10H,3-4H2,1-2H3,(H,26,27)(H3,21,22,23,24,25);5-10H,3-4H2,1-2H3,(H4,21,22,23,24,25,26,27);4-7,9H,1-3H3,(H4,19,20,21,22,23,24,25). The maximum absolute atomic E-state index is 14.1. The molecule has 4 aromatic carbocycles. The van der Waals surface area contributed by atoms with Crippen LogP contribution in [0.5, 0.6) is 0 Å². The van der Waals surface area contributed by atoms with Crippen molar-refractivity contribution < 1.29 is 39.9 Å². The van der Waals surface area contributed by atoms with Gasteiger partial charge in [0.15, 0.2) is 23.3 Å². The predicted molar refractivity (Wildman–Crippen MR) is 408 cm³/mol. The maximum atomic E-state index is 14.1. The van der Waals surface area contributed by atoms with E-state index in [1.165, 1.54) is 61.4 Å². The topological polar surface area (TPSA) is 438 Å². The lowest BCUT2D eigenvalue weighted by molar-refractivity contribution is 0.0657. The first-order chi connectivity index (χ1) is 54.0. The van der Waals surface area contributed by atoms with Gasteiger partial charge in [0.2, 0.25) is 71.4 Å². The van der Waals surface area contributed by atoms with E-state index in [1.54, 1.807) is 44.3 Å². The number of halogens is 8. The van der Waals surface area contributed by atoms with E-state index >= 15 is 0 Å². The number of H-pyrrole nitrogens is 1. The van der Waals surface area contributed by atoms with E-state index in [2.05, 4.69) is 123 Å². The molecule has 16 N–H and O–H groups in total. The fourth-order valence-electron chi connectivity index (χ4n) is 12.0. The smallest absolute Gasteiger partial charge is 0.237 e. The number of hydrogen-bond donors (Lipinski definition) is 12. The molecule has 9 heterocycles. The number of ether oxygens (including phenoxy) is 1. The molecule has 1 saturated heterocycles. The zero-order chi connectivity index (χ0) is 80.5. The summed E-state index contributed by atoms with van der Waals surface area (Å²) in [6, 6.07) is 19.5. The Morgan fingerprint density at radius 2 is 0.788 bits per heavy atom. The monoisotopic (exact) mass is 1560 g/mol. The fourth-order valence-corrected chi connectivity index (χ4v) is 12.0. The molecule has 1 aliphatic heterocycles. The van der Waals surface area contributed by atoms with Crippen LogP contribution in [0.4, 0.5) is 130 Å². The highest BCUT2D eigenvalue weighted by molar-refractivity contribution is 5.57. The van der Waals surface area contributed by atoms with Crippen LogP contribution in [0.2, 0.25) is 0 Å². The van der Waals surface area contributed by atoms with E-state index in [0.717, 1.165) is 85.9 Å². The fraction of sp³-hybridized carbons (Fsp3) is 0.333. The Hall–Kier alpha value is -13.2. The number of nitrogens with zero attached hydrogens (tertiary/aromatic N) is 20. The number of hydrogen-bond acceptors (Lipinski definition) is 29. The molecule has 33 nitrogen and oxygen atoms in total. The van der Waals surface area contributed by atoms with E-state index in [4.69, 9.17) is 27.7 Å². The van der Waals surface area contributed by atoms with Crippen LogP contribution in [-0.4, -0.2) is 120 Å². The average Bonchev–Trinajstić information content (AvgIpc) is 1.67. The second kappa shape index (κ2) is 34.8. The molecule has 2 aliphatic carbocycles. The Kier molecular flexibility index (Phi) is 24.4. The SMILES string of the molecule is CC(Nc1nc(N)nc(N(C)c2cc(C3CC3)[nH]n2)n1)c1ccc(F)cc1F.CC(Nc1nc(N)nc(Nc2cc(C3CC3)n(C)n2)n1)c1ccc(F)cc1F.Cc1cc(Nc2nc(N)nc(NC(C)c3ccc(F)cc3F)n2)nn1C.Cc1cc(Nc2nc(N)nc(NC(C)c3ccc(F)cc3F)n2)nn1C1CCOCC1. The van der Waals surface area contributed by atoms with E-state index < -0.39 is 70.7 Å². The zero-order valence-electron chi connectivity index (χ0n) is 62.6. The minimum absolute atomic E-state index is 0.00475. The summed E-state index contributed by atoms with van der Waals surface area (Å²) in [5.74, 6) is -0.0462. The van der Waals surface area contributed by atoms with Gasteiger partial charge in [0.1, 0.15) is 46.5 Å². The Morgan fingerprint density at radius 1 is 0.425 bits per heavy atom. The molecule has 41 heteroatoms. The number of aryl methyl sites for hydroxylation is 4. The van der Waals surface area contributed by atoms with Gasteiger partial charge in [-0.05, 0) is 104 Å². The molecule has 592 valence electrons. The number of nitrogens with one attached hydrogen (secondary N) is 8. The number of anilines is 16. The number of nitrogens with two attached hydrogens (primary N) is 4. The van der Waals surface area contributed by atoms with Crippen molar-refractivity contribution in [2.24, 2.45) is 14.1 Å². The predicted octanol–water partition coefficient (Wildman–Crippen LogP) is 12.7. The Morgan fingerprint density at radius 3 is 1.18 bits per heavy atom. The van der Waals surface area contributed by atoms with Crippen LogP contribution in [0.25, 0.3) is 0 Å². The number of aromatic amines is 1. The maximum Gasteiger partial charge on any atom is 0.237 e. The number of nitrogen functional groups attached to an aromatic ring is 4. The van der Waals surface area contributed by atoms with Crippen LogP contribution in [0.3, 0.4) is 0 Å². The zero-order valence-corrected chi connectivity index (χ0v) is 62.6. The molecule has 12 aromatic rings. The Bertz CT molecular complexity index is 5300. The van der Waals surface area contributed by atoms with Gasteiger partial charge in [0.05, 0.1) is 30.2 Å². The molecule has 3 fully saturated rings. The summed E-state index contributed by atoms with van der Waals surface area (Å²) in [6.07, 6.45) is 6.48. The van der Waals surface area contributed by atoms with Gasteiger partial charge in [-0.3, -0.25) is 24.0 Å². The van der Waals surface area contributed by atoms with Gasteiger partial charge >= 0.3 is 0 Å². The van der Waals surface area contributed by atoms with E-state index in [1.807, 2.05) is 61.6 Å². The van der Waals surface area contributed by atoms with Crippen LogP contribution in [-0.2, 0) is 18.8 Å². The van der Waals surface area contributed by atoms with Gasteiger partial charge in [0.25, 0.3) is 0 Å². The van der Waals surface area contributed by atoms with Crippen molar-refractivity contribution in [3.8, 4) is 0 Å². The van der Waals surface area contributed by atoms with Crippen molar-refractivity contribution >= 4 is 94.7 Å². The molecular weight excluding hydrogens is 1480 g/mol. The molecule has 3 aliphatic rings. The van der Waals surface area contributed by atoms with Crippen molar-refractivity contribution in [2.75, 3.05) is 85.3 Å². The van der Waals surface area contributed by atoms with Crippen molar-refractivity contribution in [2.45, 2.75) is 122 Å². The van der Waals surface area contributed by atoms with Gasteiger partial charge in [-0.2, -0.15) is 80.2 Å². The number of aromatic nitrogens is 20. The molecule has 0 spiro atoms. The largest absolute Gasteiger partial charge is 0.381 e. The second-order valence-corrected chi connectivity index (χ2v) is 27.0. The van der Waals surface area contributed by atoms with Gasteiger partial charge in [-0.1, -0.05) is 24.3 Å². The normalized spacial score (nSPS) is 14.3. The van der Waals surface area contributed by atoms with Crippen molar-refractivity contribution in [1.29, 1.82) is 0 Å². The quantitative estimate of drug-likeness (QED) is 0.0265. The minimum Gasteiger partial charge on any atom is -0.381 e. The van der Waals surface area contributed by atoms with Crippen LogP contribution in [0, 0.1) is 60.4 Å². The summed E-state index contributed by atoms with van der Waals surface area (Å²) in [5, 5.41) is 41.5. The van der Waals surface area contributed by atoms with E-state index in [9.17, 15) is 35.1 Å². The van der Waals surface area contributed by atoms with Gasteiger partial charge < -0.3 is 64.9 Å². The van der Waals surface area contributed by atoms with Gasteiger partial charge in [0, 0.05) is 140 Å². The Balaban J connectivity index is 0.000000140. The van der Waals surface area contributed by atoms with Crippen molar-refractivity contribution in [3.63, 3.8) is 0 Å². The average molecular weight is 1560 g/mol. The minimum atomic E-state index is -0.658. The Labute approximate surface area is 641 Å². The molecule has 4 unspecified atom stereocenters. The summed E-state index contributed by atoms with van der Waals surface area (Å²) in [4.78, 5) is 51.3. The van der Waals surface area contributed by atoms with Crippen LogP contribution in [0.1, 0.15) is 153 Å². The van der Waals surface area contributed by atoms with Crippen LogP contribution in [0.15, 0.2) is 97.1 Å². The molecule has 0 amide bonds. The summed E-state index contributed by atoms with van der Waals surface area (Å²) >= 11 is 0. The first-order valence-corrected chi connectivity index (χ1v) is 35.7. The lowest BCUT2D eigenvalue weighted by atomic mass is 10.1. The molecule has 8 aromatic heterocycles. The third kappa shape index (κ3) is 21.0. The molecule has 2 saturated carbocycles. The van der Waals surface area contributed by atoms with Crippen LogP contribution < -0.4 is 65.1 Å². The summed E-state index contributed by atoms with van der Waals surface area (Å²) in [5.41, 5.74) is 28.5. The summed E-state index contributed by atoms with van der Waals surface area (Å²) < 4.78 is 119. The first kappa shape index (κ1) is 79.3. The van der Waals surface area contributed by atoms with E-state index in [-0.39, 0.29) is 93.7 Å². The molecule has 0 radical (unpaired) electrons. The van der Waals surface area contributed by atoms with Crippen molar-refractivity contribution in [3.05, 3.63) is 189 Å². The molecular formula is C72H82F8N32O. The lowest BCUT2D eigenvalue weighted by Gasteiger charge is -2.23. The molecule has 15 rings (SSSR count). The summed E-state index contributed by atoms with van der Waals surface area (Å²) in [7, 11) is 5.48. The third-order valence-corrected chi connectivity index (χ3v) is 18.1. The van der Waals surface area contributed by atoms with Gasteiger partial charge in [-0.25, -0.2) is 35.1 Å². The molecule has 0 bridgehead atoms. The number of rotatable bonds is 23.